The van der Waals surface area contributed by atoms with Crippen molar-refractivity contribution in [2.75, 3.05) is 20.3 Å². The Balaban J connectivity index is 2.03. The predicted molar refractivity (Wildman–Crippen MR) is 79.5 cm³/mol. The summed E-state index contributed by atoms with van der Waals surface area (Å²) in [7, 11) is 1.97. The number of hydrogen-bond donors (Lipinski definition) is 1. The van der Waals surface area contributed by atoms with Crippen LogP contribution in [-0.2, 0) is 0 Å². The van der Waals surface area contributed by atoms with Crippen molar-refractivity contribution in [2.45, 2.75) is 13.0 Å². The fourth-order valence-electron chi connectivity index (χ4n) is 2.58. The van der Waals surface area contributed by atoms with E-state index in [1.165, 1.54) is 11.1 Å². The van der Waals surface area contributed by atoms with E-state index in [4.69, 9.17) is 9.47 Å². The lowest BCUT2D eigenvalue weighted by Crippen LogP contribution is -2.22. The SMILES string of the molecule is CNC(c1ccc(C)cc1)c1cccc2c1OCCO2. The lowest BCUT2D eigenvalue weighted by Gasteiger charge is -2.25. The summed E-state index contributed by atoms with van der Waals surface area (Å²) in [5.41, 5.74) is 3.60. The van der Waals surface area contributed by atoms with E-state index in [1.54, 1.807) is 0 Å². The molecule has 3 heteroatoms. The molecule has 3 rings (SSSR count). The summed E-state index contributed by atoms with van der Waals surface area (Å²) in [6.45, 7) is 3.32. The Labute approximate surface area is 119 Å². The maximum atomic E-state index is 5.82. The summed E-state index contributed by atoms with van der Waals surface area (Å²) < 4.78 is 11.5. The first-order valence-corrected chi connectivity index (χ1v) is 6.92. The normalized spacial score (nSPS) is 14.9. The summed E-state index contributed by atoms with van der Waals surface area (Å²) in [4.78, 5) is 0. The van der Waals surface area contributed by atoms with E-state index in [2.05, 4.69) is 42.6 Å². The number of benzene rings is 2. The zero-order chi connectivity index (χ0) is 13.9. The van der Waals surface area contributed by atoms with Gasteiger partial charge in [0.25, 0.3) is 0 Å². The maximum Gasteiger partial charge on any atom is 0.166 e. The Hall–Kier alpha value is -2.00. The molecule has 0 bridgehead atoms. The van der Waals surface area contributed by atoms with Gasteiger partial charge < -0.3 is 14.8 Å². The van der Waals surface area contributed by atoms with Gasteiger partial charge in [-0.2, -0.15) is 0 Å². The number of para-hydroxylation sites is 1. The number of aryl methyl sites for hydroxylation is 1. The number of rotatable bonds is 3. The van der Waals surface area contributed by atoms with Crippen LogP contribution in [0.3, 0.4) is 0 Å². The van der Waals surface area contributed by atoms with Crippen LogP contribution < -0.4 is 14.8 Å². The van der Waals surface area contributed by atoms with Gasteiger partial charge in [-0.25, -0.2) is 0 Å². The van der Waals surface area contributed by atoms with Gasteiger partial charge in [0.05, 0.1) is 6.04 Å². The molecule has 0 saturated carbocycles. The minimum Gasteiger partial charge on any atom is -0.486 e. The van der Waals surface area contributed by atoms with Crippen molar-refractivity contribution in [1.82, 2.24) is 5.32 Å². The molecule has 0 amide bonds. The third-order valence-corrected chi connectivity index (χ3v) is 3.61. The first kappa shape index (κ1) is 13.0. The highest BCUT2D eigenvalue weighted by atomic mass is 16.6. The van der Waals surface area contributed by atoms with Gasteiger partial charge in [-0.3, -0.25) is 0 Å². The number of fused-ring (bicyclic) bond motifs is 1. The number of hydrogen-bond acceptors (Lipinski definition) is 3. The van der Waals surface area contributed by atoms with Crippen molar-refractivity contribution in [2.24, 2.45) is 0 Å². The van der Waals surface area contributed by atoms with E-state index in [9.17, 15) is 0 Å². The smallest absolute Gasteiger partial charge is 0.166 e. The van der Waals surface area contributed by atoms with Crippen molar-refractivity contribution in [1.29, 1.82) is 0 Å². The Morgan fingerprint density at radius 3 is 2.50 bits per heavy atom. The van der Waals surface area contributed by atoms with Crippen molar-refractivity contribution in [3.63, 3.8) is 0 Å². The second-order valence-corrected chi connectivity index (χ2v) is 5.00. The molecule has 1 aliphatic heterocycles. The fraction of sp³-hybridized carbons (Fsp3) is 0.294. The molecule has 3 nitrogen and oxygen atoms in total. The van der Waals surface area contributed by atoms with Gasteiger partial charge in [0.1, 0.15) is 13.2 Å². The molecule has 0 saturated heterocycles. The van der Waals surface area contributed by atoms with Crippen LogP contribution in [0.1, 0.15) is 22.7 Å². The van der Waals surface area contributed by atoms with Crippen LogP contribution in [0.2, 0.25) is 0 Å². The highest BCUT2D eigenvalue weighted by Crippen LogP contribution is 2.38. The van der Waals surface area contributed by atoms with Gasteiger partial charge in [0, 0.05) is 5.56 Å². The highest BCUT2D eigenvalue weighted by Gasteiger charge is 2.22. The number of nitrogens with one attached hydrogen (secondary N) is 1. The van der Waals surface area contributed by atoms with Crippen LogP contribution in [-0.4, -0.2) is 20.3 Å². The van der Waals surface area contributed by atoms with E-state index in [0.29, 0.717) is 13.2 Å². The van der Waals surface area contributed by atoms with Crippen molar-refractivity contribution < 1.29 is 9.47 Å². The van der Waals surface area contributed by atoms with E-state index in [1.807, 2.05) is 19.2 Å². The van der Waals surface area contributed by atoms with Crippen LogP contribution in [0.15, 0.2) is 42.5 Å². The Morgan fingerprint density at radius 2 is 1.75 bits per heavy atom. The molecule has 0 fully saturated rings. The van der Waals surface area contributed by atoms with Gasteiger partial charge in [0.15, 0.2) is 11.5 Å². The third-order valence-electron chi connectivity index (χ3n) is 3.61. The van der Waals surface area contributed by atoms with Gasteiger partial charge in [-0.05, 0) is 25.6 Å². The average Bonchev–Trinajstić information content (AvgIpc) is 2.50. The predicted octanol–water partition coefficient (Wildman–Crippen LogP) is 3.08. The van der Waals surface area contributed by atoms with E-state index in [-0.39, 0.29) is 6.04 Å². The van der Waals surface area contributed by atoms with Gasteiger partial charge in [-0.15, -0.1) is 0 Å². The van der Waals surface area contributed by atoms with Crippen LogP contribution >= 0.6 is 0 Å². The molecule has 1 aliphatic rings. The minimum absolute atomic E-state index is 0.104. The van der Waals surface area contributed by atoms with Gasteiger partial charge >= 0.3 is 0 Å². The van der Waals surface area contributed by atoms with E-state index in [0.717, 1.165) is 17.1 Å². The second-order valence-electron chi connectivity index (χ2n) is 5.00. The summed E-state index contributed by atoms with van der Waals surface area (Å²) >= 11 is 0. The minimum atomic E-state index is 0.104. The first-order valence-electron chi connectivity index (χ1n) is 6.92. The molecule has 0 aliphatic carbocycles. The maximum absolute atomic E-state index is 5.82. The van der Waals surface area contributed by atoms with Crippen LogP contribution in [0.4, 0.5) is 0 Å². The number of ether oxygens (including phenoxy) is 2. The van der Waals surface area contributed by atoms with Gasteiger partial charge in [0.2, 0.25) is 0 Å². The Morgan fingerprint density at radius 1 is 1.00 bits per heavy atom. The molecule has 2 aromatic carbocycles. The lowest BCUT2D eigenvalue weighted by molar-refractivity contribution is 0.169. The zero-order valence-corrected chi connectivity index (χ0v) is 11.8. The second kappa shape index (κ2) is 5.55. The van der Waals surface area contributed by atoms with Crippen LogP contribution in [0.5, 0.6) is 11.5 Å². The van der Waals surface area contributed by atoms with Crippen molar-refractivity contribution in [3.8, 4) is 11.5 Å². The quantitative estimate of drug-likeness (QED) is 0.929. The third kappa shape index (κ3) is 2.37. The zero-order valence-electron chi connectivity index (χ0n) is 11.8. The lowest BCUT2D eigenvalue weighted by atomic mass is 9.96. The summed E-state index contributed by atoms with van der Waals surface area (Å²) in [5, 5.41) is 3.37. The molecule has 104 valence electrons. The monoisotopic (exact) mass is 269 g/mol. The Bertz CT molecular complexity index is 592. The molecule has 1 atom stereocenters. The standard InChI is InChI=1S/C17H19NO2/c1-12-6-8-13(9-7-12)16(18-2)14-4-3-5-15-17(14)20-11-10-19-15/h3-9,16,18H,10-11H2,1-2H3. The molecule has 1 N–H and O–H groups in total. The summed E-state index contributed by atoms with van der Waals surface area (Å²) in [6.07, 6.45) is 0. The molecule has 0 radical (unpaired) electrons. The molecule has 1 unspecified atom stereocenters. The van der Waals surface area contributed by atoms with Crippen molar-refractivity contribution in [3.05, 3.63) is 59.2 Å². The average molecular weight is 269 g/mol. The van der Waals surface area contributed by atoms with E-state index >= 15 is 0 Å². The van der Waals surface area contributed by atoms with Crippen LogP contribution in [0, 0.1) is 6.92 Å². The van der Waals surface area contributed by atoms with Crippen LogP contribution in [0.25, 0.3) is 0 Å². The molecule has 1 heterocycles. The molecular formula is C17H19NO2. The fourth-order valence-corrected chi connectivity index (χ4v) is 2.58. The molecule has 20 heavy (non-hydrogen) atoms. The van der Waals surface area contributed by atoms with E-state index < -0.39 is 0 Å². The summed E-state index contributed by atoms with van der Waals surface area (Å²) in [6, 6.07) is 14.7. The largest absolute Gasteiger partial charge is 0.486 e. The first-order chi connectivity index (χ1) is 9.79. The van der Waals surface area contributed by atoms with Gasteiger partial charge in [-0.1, -0.05) is 42.0 Å². The molecule has 0 aromatic heterocycles. The topological polar surface area (TPSA) is 30.5 Å². The molecule has 2 aromatic rings. The van der Waals surface area contributed by atoms with Crippen molar-refractivity contribution >= 4 is 0 Å². The highest BCUT2D eigenvalue weighted by molar-refractivity contribution is 5.51. The Kier molecular flexibility index (Phi) is 3.61. The molecular weight excluding hydrogens is 250 g/mol. The summed E-state index contributed by atoms with van der Waals surface area (Å²) in [5.74, 6) is 1.69. The molecule has 0 spiro atoms.